The molecule has 2 N–H and O–H groups in total. The van der Waals surface area contributed by atoms with Crippen molar-refractivity contribution < 1.29 is 4.74 Å². The SMILES string of the molecule is CCNC(=NCc1ccccn1)NCCc1ccc(OC(C)C)cc1. The number of nitrogens with one attached hydrogen (secondary N) is 2. The third-order valence-electron chi connectivity index (χ3n) is 3.47. The molecule has 0 unspecified atom stereocenters. The molecule has 0 aliphatic rings. The maximum Gasteiger partial charge on any atom is 0.191 e. The third-order valence-corrected chi connectivity index (χ3v) is 3.47. The van der Waals surface area contributed by atoms with Crippen LogP contribution in [0, 0.1) is 0 Å². The van der Waals surface area contributed by atoms with Crippen molar-refractivity contribution in [3.8, 4) is 5.75 Å². The third kappa shape index (κ3) is 7.25. The monoisotopic (exact) mass is 340 g/mol. The molecule has 0 fully saturated rings. The van der Waals surface area contributed by atoms with Gasteiger partial charge in [0.2, 0.25) is 0 Å². The highest BCUT2D eigenvalue weighted by Crippen LogP contribution is 2.13. The van der Waals surface area contributed by atoms with Gasteiger partial charge in [0, 0.05) is 19.3 Å². The first kappa shape index (κ1) is 18.8. The molecule has 0 aliphatic carbocycles. The fourth-order valence-corrected chi connectivity index (χ4v) is 2.33. The molecule has 5 heteroatoms. The molecule has 0 aliphatic heterocycles. The van der Waals surface area contributed by atoms with E-state index in [4.69, 9.17) is 4.74 Å². The van der Waals surface area contributed by atoms with E-state index in [0.717, 1.165) is 36.9 Å². The van der Waals surface area contributed by atoms with Crippen LogP contribution in [-0.2, 0) is 13.0 Å². The van der Waals surface area contributed by atoms with E-state index in [9.17, 15) is 0 Å². The van der Waals surface area contributed by atoms with Crippen molar-refractivity contribution in [2.45, 2.75) is 39.8 Å². The normalized spacial score (nSPS) is 11.4. The molecule has 0 bridgehead atoms. The molecule has 0 spiro atoms. The van der Waals surface area contributed by atoms with E-state index < -0.39 is 0 Å². The Labute approximate surface area is 150 Å². The Morgan fingerprint density at radius 1 is 1.12 bits per heavy atom. The van der Waals surface area contributed by atoms with Crippen LogP contribution in [0.3, 0.4) is 0 Å². The number of aromatic nitrogens is 1. The van der Waals surface area contributed by atoms with Crippen LogP contribution in [-0.4, -0.2) is 30.1 Å². The quantitative estimate of drug-likeness (QED) is 0.572. The van der Waals surface area contributed by atoms with Crippen molar-refractivity contribution in [2.24, 2.45) is 4.99 Å². The highest BCUT2D eigenvalue weighted by Gasteiger charge is 2.01. The van der Waals surface area contributed by atoms with Crippen molar-refractivity contribution in [2.75, 3.05) is 13.1 Å². The van der Waals surface area contributed by atoms with Crippen molar-refractivity contribution >= 4 is 5.96 Å². The summed E-state index contributed by atoms with van der Waals surface area (Å²) in [6, 6.07) is 14.1. The number of pyridine rings is 1. The molecule has 1 aromatic carbocycles. The molecule has 1 aromatic heterocycles. The van der Waals surface area contributed by atoms with Crippen molar-refractivity contribution in [3.63, 3.8) is 0 Å². The van der Waals surface area contributed by atoms with E-state index in [2.05, 4.69) is 39.7 Å². The Morgan fingerprint density at radius 2 is 1.92 bits per heavy atom. The number of guanidine groups is 1. The molecule has 25 heavy (non-hydrogen) atoms. The summed E-state index contributed by atoms with van der Waals surface area (Å²) in [5, 5.41) is 6.63. The molecule has 0 saturated carbocycles. The molecule has 2 rings (SSSR count). The lowest BCUT2D eigenvalue weighted by molar-refractivity contribution is 0.242. The van der Waals surface area contributed by atoms with Gasteiger partial charge in [-0.05, 0) is 57.0 Å². The van der Waals surface area contributed by atoms with Gasteiger partial charge in [-0.25, -0.2) is 4.99 Å². The zero-order chi connectivity index (χ0) is 17.9. The topological polar surface area (TPSA) is 58.5 Å². The maximum atomic E-state index is 5.67. The van der Waals surface area contributed by atoms with Crippen LogP contribution < -0.4 is 15.4 Å². The maximum absolute atomic E-state index is 5.67. The van der Waals surface area contributed by atoms with Gasteiger partial charge in [-0.15, -0.1) is 0 Å². The summed E-state index contributed by atoms with van der Waals surface area (Å²) in [7, 11) is 0. The molecule has 1 heterocycles. The number of nitrogens with zero attached hydrogens (tertiary/aromatic N) is 2. The van der Waals surface area contributed by atoms with E-state index in [0.29, 0.717) is 6.54 Å². The molecule has 0 saturated heterocycles. The summed E-state index contributed by atoms with van der Waals surface area (Å²) in [5.74, 6) is 1.73. The first-order chi connectivity index (χ1) is 12.2. The predicted molar refractivity (Wildman–Crippen MR) is 103 cm³/mol. The van der Waals surface area contributed by atoms with Crippen molar-refractivity contribution in [1.82, 2.24) is 15.6 Å². The van der Waals surface area contributed by atoms with Crippen LogP contribution in [0.1, 0.15) is 32.0 Å². The lowest BCUT2D eigenvalue weighted by atomic mass is 10.1. The minimum atomic E-state index is 0.200. The second-order valence-corrected chi connectivity index (χ2v) is 6.00. The van der Waals surface area contributed by atoms with Crippen LogP contribution in [0.5, 0.6) is 5.75 Å². The molecule has 0 atom stereocenters. The van der Waals surface area contributed by atoms with Gasteiger partial charge in [0.1, 0.15) is 5.75 Å². The smallest absolute Gasteiger partial charge is 0.191 e. The summed E-state index contributed by atoms with van der Waals surface area (Å²) < 4.78 is 5.67. The Bertz CT molecular complexity index is 639. The van der Waals surface area contributed by atoms with Gasteiger partial charge in [-0.3, -0.25) is 4.98 Å². The molecular formula is C20H28N4O. The van der Waals surface area contributed by atoms with E-state index >= 15 is 0 Å². The molecule has 134 valence electrons. The number of aliphatic imine (C=N–C) groups is 1. The van der Waals surface area contributed by atoms with E-state index in [-0.39, 0.29) is 6.10 Å². The summed E-state index contributed by atoms with van der Waals surface area (Å²) in [6.07, 6.45) is 2.92. The van der Waals surface area contributed by atoms with Gasteiger partial charge in [0.25, 0.3) is 0 Å². The van der Waals surface area contributed by atoms with E-state index in [1.165, 1.54) is 5.56 Å². The van der Waals surface area contributed by atoms with E-state index in [1.807, 2.05) is 44.2 Å². The summed E-state index contributed by atoms with van der Waals surface area (Å²) >= 11 is 0. The standard InChI is InChI=1S/C20H28N4O/c1-4-21-20(24-15-18-7-5-6-13-22-18)23-14-12-17-8-10-19(11-9-17)25-16(2)3/h5-11,13,16H,4,12,14-15H2,1-3H3,(H2,21,23,24). The van der Waals surface area contributed by atoms with Gasteiger partial charge in [-0.2, -0.15) is 0 Å². The lowest BCUT2D eigenvalue weighted by Crippen LogP contribution is -2.38. The Kier molecular flexibility index (Phi) is 7.76. The van der Waals surface area contributed by atoms with Crippen LogP contribution >= 0.6 is 0 Å². The Hall–Kier alpha value is -2.56. The van der Waals surface area contributed by atoms with Gasteiger partial charge in [-0.1, -0.05) is 18.2 Å². The van der Waals surface area contributed by atoms with E-state index in [1.54, 1.807) is 6.20 Å². The Morgan fingerprint density at radius 3 is 2.56 bits per heavy atom. The predicted octanol–water partition coefficient (Wildman–Crippen LogP) is 3.17. The van der Waals surface area contributed by atoms with Crippen LogP contribution in [0.2, 0.25) is 0 Å². The second-order valence-electron chi connectivity index (χ2n) is 6.00. The molecular weight excluding hydrogens is 312 g/mol. The number of rotatable bonds is 8. The number of hydrogen-bond acceptors (Lipinski definition) is 3. The molecule has 5 nitrogen and oxygen atoms in total. The van der Waals surface area contributed by atoms with Crippen LogP contribution in [0.15, 0.2) is 53.7 Å². The fourth-order valence-electron chi connectivity index (χ4n) is 2.33. The largest absolute Gasteiger partial charge is 0.491 e. The fraction of sp³-hybridized carbons (Fsp3) is 0.400. The Balaban J connectivity index is 1.82. The summed E-state index contributed by atoms with van der Waals surface area (Å²) in [6.45, 7) is 8.34. The summed E-state index contributed by atoms with van der Waals surface area (Å²) in [5.41, 5.74) is 2.23. The number of benzene rings is 1. The molecule has 0 amide bonds. The van der Waals surface area contributed by atoms with Crippen LogP contribution in [0.4, 0.5) is 0 Å². The van der Waals surface area contributed by atoms with Crippen LogP contribution in [0.25, 0.3) is 0 Å². The highest BCUT2D eigenvalue weighted by atomic mass is 16.5. The number of hydrogen-bond donors (Lipinski definition) is 2. The lowest BCUT2D eigenvalue weighted by Gasteiger charge is -2.12. The average molecular weight is 340 g/mol. The minimum Gasteiger partial charge on any atom is -0.491 e. The first-order valence-corrected chi connectivity index (χ1v) is 8.85. The number of ether oxygens (including phenoxy) is 1. The molecule has 0 radical (unpaired) electrons. The van der Waals surface area contributed by atoms with Gasteiger partial charge in [0.15, 0.2) is 5.96 Å². The second kappa shape index (κ2) is 10.3. The zero-order valence-electron chi connectivity index (χ0n) is 15.3. The first-order valence-electron chi connectivity index (χ1n) is 8.85. The van der Waals surface area contributed by atoms with Gasteiger partial charge in [0.05, 0.1) is 18.3 Å². The zero-order valence-corrected chi connectivity index (χ0v) is 15.3. The van der Waals surface area contributed by atoms with Crippen molar-refractivity contribution in [3.05, 3.63) is 59.9 Å². The van der Waals surface area contributed by atoms with Gasteiger partial charge >= 0.3 is 0 Å². The molecule has 2 aromatic rings. The highest BCUT2D eigenvalue weighted by molar-refractivity contribution is 5.79. The van der Waals surface area contributed by atoms with Gasteiger partial charge < -0.3 is 15.4 Å². The minimum absolute atomic E-state index is 0.200. The average Bonchev–Trinajstić information content (AvgIpc) is 2.61. The summed E-state index contributed by atoms with van der Waals surface area (Å²) in [4.78, 5) is 8.87. The van der Waals surface area contributed by atoms with Crippen molar-refractivity contribution in [1.29, 1.82) is 0 Å².